The lowest BCUT2D eigenvalue weighted by molar-refractivity contribution is 0.0781. The first-order valence-electron chi connectivity index (χ1n) is 7.52. The standard InChI is InChI=1S/C16H17FN4OS/c1-16(2,22)15-20-12-13(18-8-19-14(12)23-15)21-6-5-9-7-10(17)3-4-11(9)21/h3-4,7,18,22H,5-6,8H2,1-2H3. The highest BCUT2D eigenvalue weighted by atomic mass is 32.1. The van der Waals surface area contributed by atoms with Crippen LogP contribution in [0.4, 0.5) is 10.1 Å². The molecule has 2 aromatic rings. The molecule has 0 spiro atoms. The fraction of sp³-hybridized carbons (Fsp3) is 0.375. The average Bonchev–Trinajstić information content (AvgIpc) is 3.09. The van der Waals surface area contributed by atoms with Crippen LogP contribution in [0.2, 0.25) is 0 Å². The van der Waals surface area contributed by atoms with E-state index in [0.717, 1.165) is 40.1 Å². The van der Waals surface area contributed by atoms with Crippen molar-refractivity contribution in [3.63, 3.8) is 0 Å². The summed E-state index contributed by atoms with van der Waals surface area (Å²) < 4.78 is 14.2. The van der Waals surface area contributed by atoms with Gasteiger partial charge in [0.25, 0.3) is 0 Å². The number of aromatic nitrogens is 1. The summed E-state index contributed by atoms with van der Waals surface area (Å²) >= 11 is 1.41. The van der Waals surface area contributed by atoms with E-state index in [9.17, 15) is 9.50 Å². The molecule has 0 fully saturated rings. The Balaban J connectivity index is 1.88. The predicted octanol–water partition coefficient (Wildman–Crippen LogP) is 0.818. The van der Waals surface area contributed by atoms with Crippen LogP contribution in [0, 0.1) is 5.82 Å². The monoisotopic (exact) mass is 332 g/mol. The molecule has 3 heterocycles. The highest BCUT2D eigenvalue weighted by Crippen LogP contribution is 2.31. The Hall–Kier alpha value is -1.99. The van der Waals surface area contributed by atoms with Crippen molar-refractivity contribution in [1.29, 1.82) is 0 Å². The van der Waals surface area contributed by atoms with Crippen molar-refractivity contribution < 1.29 is 9.50 Å². The van der Waals surface area contributed by atoms with Crippen LogP contribution in [-0.4, -0.2) is 23.3 Å². The third-order valence-electron chi connectivity index (χ3n) is 4.03. The lowest BCUT2D eigenvalue weighted by Crippen LogP contribution is -2.44. The summed E-state index contributed by atoms with van der Waals surface area (Å²) in [4.78, 5) is 11.2. The zero-order chi connectivity index (χ0) is 16.2. The zero-order valence-corrected chi connectivity index (χ0v) is 13.7. The van der Waals surface area contributed by atoms with Gasteiger partial charge >= 0.3 is 0 Å². The number of hydrogen-bond acceptors (Lipinski definition) is 6. The van der Waals surface area contributed by atoms with E-state index in [2.05, 4.69) is 20.2 Å². The zero-order valence-electron chi connectivity index (χ0n) is 12.9. The van der Waals surface area contributed by atoms with Crippen molar-refractivity contribution in [1.82, 2.24) is 10.3 Å². The molecular weight excluding hydrogens is 315 g/mol. The van der Waals surface area contributed by atoms with Gasteiger partial charge < -0.3 is 15.3 Å². The molecule has 0 atom stereocenters. The Labute approximate surface area is 136 Å². The van der Waals surface area contributed by atoms with Crippen LogP contribution in [0.5, 0.6) is 0 Å². The van der Waals surface area contributed by atoms with Gasteiger partial charge in [0.15, 0.2) is 0 Å². The normalized spacial score (nSPS) is 16.7. The topological polar surface area (TPSA) is 60.8 Å². The average molecular weight is 332 g/mol. The number of thiazole rings is 1. The maximum absolute atomic E-state index is 13.4. The number of rotatable bonds is 2. The number of nitrogens with zero attached hydrogens (tertiary/aromatic N) is 3. The molecule has 5 nitrogen and oxygen atoms in total. The second kappa shape index (κ2) is 5.01. The van der Waals surface area contributed by atoms with Gasteiger partial charge in [-0.3, -0.25) is 4.99 Å². The van der Waals surface area contributed by atoms with Crippen molar-refractivity contribution in [2.75, 3.05) is 18.1 Å². The molecule has 2 aliphatic rings. The molecule has 120 valence electrons. The van der Waals surface area contributed by atoms with E-state index in [4.69, 9.17) is 0 Å². The van der Waals surface area contributed by atoms with Gasteiger partial charge in [0.2, 0.25) is 0 Å². The number of hydrogen-bond donors (Lipinski definition) is 2. The fourth-order valence-electron chi connectivity index (χ4n) is 2.93. The minimum atomic E-state index is -0.991. The first kappa shape index (κ1) is 14.6. The Kier molecular flexibility index (Phi) is 3.18. The van der Waals surface area contributed by atoms with Crippen molar-refractivity contribution in [2.24, 2.45) is 4.99 Å². The first-order chi connectivity index (χ1) is 10.9. The van der Waals surface area contributed by atoms with Gasteiger partial charge in [-0.25, -0.2) is 9.37 Å². The third kappa shape index (κ3) is 2.40. The second-order valence-corrected chi connectivity index (χ2v) is 7.23. The van der Waals surface area contributed by atoms with Crippen LogP contribution in [0.15, 0.2) is 23.2 Å². The largest absolute Gasteiger partial charge is 0.383 e. The van der Waals surface area contributed by atoms with E-state index in [0.29, 0.717) is 11.7 Å². The summed E-state index contributed by atoms with van der Waals surface area (Å²) in [6.07, 6.45) is 0.799. The second-order valence-electron chi connectivity index (χ2n) is 6.25. The van der Waals surface area contributed by atoms with Crippen molar-refractivity contribution >= 4 is 22.8 Å². The maximum Gasteiger partial charge on any atom is 0.143 e. The van der Waals surface area contributed by atoms with Crippen LogP contribution in [-0.2, 0) is 12.0 Å². The van der Waals surface area contributed by atoms with E-state index >= 15 is 0 Å². The number of halogens is 1. The molecule has 0 saturated heterocycles. The Bertz CT molecular complexity index is 900. The van der Waals surface area contributed by atoms with Crippen molar-refractivity contribution in [3.8, 4) is 0 Å². The van der Waals surface area contributed by atoms with Crippen LogP contribution < -0.4 is 20.2 Å². The maximum atomic E-state index is 13.4. The molecule has 1 aromatic carbocycles. The number of anilines is 1. The molecule has 0 radical (unpaired) electrons. The molecule has 2 N–H and O–H groups in total. The van der Waals surface area contributed by atoms with Crippen molar-refractivity contribution in [2.45, 2.75) is 25.9 Å². The van der Waals surface area contributed by atoms with Crippen LogP contribution in [0.3, 0.4) is 0 Å². The molecule has 1 aromatic heterocycles. The molecule has 0 bridgehead atoms. The fourth-order valence-corrected chi connectivity index (χ4v) is 3.87. The Morgan fingerprint density at radius 1 is 1.39 bits per heavy atom. The van der Waals surface area contributed by atoms with E-state index in [1.165, 1.54) is 17.4 Å². The molecule has 4 rings (SSSR count). The molecule has 0 amide bonds. The van der Waals surface area contributed by atoms with Crippen LogP contribution in [0.1, 0.15) is 24.4 Å². The van der Waals surface area contributed by atoms with Crippen molar-refractivity contribution in [3.05, 3.63) is 44.6 Å². The summed E-state index contributed by atoms with van der Waals surface area (Å²) in [6.45, 7) is 4.69. The van der Waals surface area contributed by atoms with Crippen LogP contribution in [0.25, 0.3) is 5.82 Å². The summed E-state index contributed by atoms with van der Waals surface area (Å²) in [5.41, 5.74) is 1.01. The lowest BCUT2D eigenvalue weighted by atomic mass is 10.1. The summed E-state index contributed by atoms with van der Waals surface area (Å²) in [7, 11) is 0. The smallest absolute Gasteiger partial charge is 0.143 e. The molecule has 0 aliphatic carbocycles. The van der Waals surface area contributed by atoms with Gasteiger partial charge in [0, 0.05) is 12.2 Å². The van der Waals surface area contributed by atoms with E-state index in [-0.39, 0.29) is 5.82 Å². The van der Waals surface area contributed by atoms with E-state index in [1.807, 2.05) is 0 Å². The van der Waals surface area contributed by atoms with E-state index < -0.39 is 5.60 Å². The lowest BCUT2D eigenvalue weighted by Gasteiger charge is -2.24. The third-order valence-corrected chi connectivity index (χ3v) is 5.33. The molecule has 2 aliphatic heterocycles. The number of fused-ring (bicyclic) bond motifs is 2. The van der Waals surface area contributed by atoms with Gasteiger partial charge in [0.05, 0.1) is 0 Å². The molecule has 7 heteroatoms. The highest BCUT2D eigenvalue weighted by molar-refractivity contribution is 7.09. The van der Waals surface area contributed by atoms with Gasteiger partial charge in [-0.05, 0) is 44.0 Å². The number of benzene rings is 1. The van der Waals surface area contributed by atoms with Crippen LogP contribution >= 0.6 is 11.3 Å². The molecular formula is C16H17FN4OS. The Morgan fingerprint density at radius 2 is 2.22 bits per heavy atom. The minimum Gasteiger partial charge on any atom is -0.383 e. The van der Waals surface area contributed by atoms with Gasteiger partial charge in [-0.1, -0.05) is 11.3 Å². The predicted molar refractivity (Wildman–Crippen MR) is 87.0 cm³/mol. The molecule has 0 unspecified atom stereocenters. The summed E-state index contributed by atoms with van der Waals surface area (Å²) in [5, 5.41) is 14.9. The van der Waals surface area contributed by atoms with Gasteiger partial charge in [0.1, 0.15) is 38.9 Å². The molecule has 0 saturated carbocycles. The number of aliphatic hydroxyl groups is 1. The molecule has 23 heavy (non-hydrogen) atoms. The van der Waals surface area contributed by atoms with Gasteiger partial charge in [-0.2, -0.15) is 0 Å². The van der Waals surface area contributed by atoms with Gasteiger partial charge in [-0.15, -0.1) is 0 Å². The highest BCUT2D eigenvalue weighted by Gasteiger charge is 2.27. The summed E-state index contributed by atoms with van der Waals surface area (Å²) in [5.74, 6) is 0.674. The quantitative estimate of drug-likeness (QED) is 0.855. The Morgan fingerprint density at radius 3 is 3.00 bits per heavy atom. The first-order valence-corrected chi connectivity index (χ1v) is 8.33. The summed E-state index contributed by atoms with van der Waals surface area (Å²) in [6, 6.07) is 4.88. The minimum absolute atomic E-state index is 0.208. The van der Waals surface area contributed by atoms with E-state index in [1.54, 1.807) is 26.0 Å². The SMILES string of the molecule is CC(C)(O)c1nc2c(s1)=NCNC=2N1CCc2cc(F)ccc21. The number of nitrogens with one attached hydrogen (secondary N) is 1.